The highest BCUT2D eigenvalue weighted by Gasteiger charge is 2.12. The normalized spacial score (nSPS) is 10.5. The van der Waals surface area contributed by atoms with Gasteiger partial charge in [0.1, 0.15) is 11.5 Å². The quantitative estimate of drug-likeness (QED) is 0.249. The Labute approximate surface area is 151 Å². The summed E-state index contributed by atoms with van der Waals surface area (Å²) in [7, 11) is 0. The number of non-ortho nitro benzene ring substituents is 1. The summed E-state index contributed by atoms with van der Waals surface area (Å²) >= 11 is 8.30. The van der Waals surface area contributed by atoms with E-state index in [9.17, 15) is 10.1 Å². The van der Waals surface area contributed by atoms with Gasteiger partial charge < -0.3 is 9.73 Å². The number of hydrogen-bond donors (Lipinski definition) is 2. The van der Waals surface area contributed by atoms with Crippen molar-refractivity contribution in [3.63, 3.8) is 0 Å². The van der Waals surface area contributed by atoms with Gasteiger partial charge in [0.05, 0.1) is 11.1 Å². The fourth-order valence-corrected chi connectivity index (χ4v) is 2.44. The molecule has 9 heteroatoms. The monoisotopic (exact) mass is 408 g/mol. The largest absolute Gasteiger partial charge is 0.455 e. The highest BCUT2D eigenvalue weighted by Crippen LogP contribution is 2.32. The molecule has 7 nitrogen and oxygen atoms in total. The first-order chi connectivity index (χ1) is 11.5. The average Bonchev–Trinajstić information content (AvgIpc) is 3.01. The van der Waals surface area contributed by atoms with Crippen molar-refractivity contribution >= 4 is 45.2 Å². The average molecular weight is 409 g/mol. The van der Waals surface area contributed by atoms with E-state index in [2.05, 4.69) is 38.4 Å². The van der Waals surface area contributed by atoms with Crippen molar-refractivity contribution in [2.45, 2.75) is 0 Å². The standard InChI is InChI=1S/C15H13BrN4O3S/c1-2-7-17-15(24)19-18-9-11-4-6-14(23-11)12-5-3-10(20(21)22)8-13(12)16/h2-6,8-9H,1,7H2,(H2,17,19,24)/b18-9-. The number of thiocarbonyl (C=S) groups is 1. The molecule has 0 fully saturated rings. The molecule has 1 aromatic heterocycles. The first-order valence-electron chi connectivity index (χ1n) is 6.73. The number of benzene rings is 1. The topological polar surface area (TPSA) is 92.7 Å². The van der Waals surface area contributed by atoms with Gasteiger partial charge in [-0.25, -0.2) is 0 Å². The van der Waals surface area contributed by atoms with E-state index >= 15 is 0 Å². The van der Waals surface area contributed by atoms with Crippen molar-refractivity contribution in [2.24, 2.45) is 5.10 Å². The lowest BCUT2D eigenvalue weighted by atomic mass is 10.1. The Hall–Kier alpha value is -2.52. The molecule has 1 aromatic carbocycles. The third kappa shape index (κ3) is 4.74. The zero-order chi connectivity index (χ0) is 17.5. The van der Waals surface area contributed by atoms with Crippen molar-refractivity contribution in [1.82, 2.24) is 10.7 Å². The minimum absolute atomic E-state index is 0.00343. The number of rotatable bonds is 6. The summed E-state index contributed by atoms with van der Waals surface area (Å²) in [4.78, 5) is 10.3. The van der Waals surface area contributed by atoms with Crippen LogP contribution in [0.1, 0.15) is 5.76 Å². The third-order valence-electron chi connectivity index (χ3n) is 2.82. The number of nitrogens with zero attached hydrogens (tertiary/aromatic N) is 2. The van der Waals surface area contributed by atoms with E-state index in [0.717, 1.165) is 0 Å². The molecule has 0 unspecified atom stereocenters. The first-order valence-corrected chi connectivity index (χ1v) is 7.93. The smallest absolute Gasteiger partial charge is 0.270 e. The van der Waals surface area contributed by atoms with Gasteiger partial charge in [-0.1, -0.05) is 6.08 Å². The summed E-state index contributed by atoms with van der Waals surface area (Å²) < 4.78 is 6.22. The fraction of sp³-hybridized carbons (Fsp3) is 0.0667. The van der Waals surface area contributed by atoms with Gasteiger partial charge in [-0.3, -0.25) is 15.5 Å². The van der Waals surface area contributed by atoms with Gasteiger partial charge >= 0.3 is 0 Å². The van der Waals surface area contributed by atoms with Gasteiger partial charge in [-0.15, -0.1) is 6.58 Å². The fourth-order valence-electron chi connectivity index (χ4n) is 1.74. The molecule has 2 rings (SSSR count). The van der Waals surface area contributed by atoms with Crippen LogP contribution in [0, 0.1) is 10.1 Å². The summed E-state index contributed by atoms with van der Waals surface area (Å²) in [5, 5.41) is 18.0. The van der Waals surface area contributed by atoms with Crippen LogP contribution in [-0.2, 0) is 0 Å². The van der Waals surface area contributed by atoms with E-state index < -0.39 is 4.92 Å². The molecule has 0 saturated carbocycles. The van der Waals surface area contributed by atoms with Crippen LogP contribution in [0.25, 0.3) is 11.3 Å². The molecule has 1 heterocycles. The Morgan fingerprint density at radius 2 is 2.25 bits per heavy atom. The molecule has 0 amide bonds. The predicted molar refractivity (Wildman–Crippen MR) is 100 cm³/mol. The molecule has 124 valence electrons. The van der Waals surface area contributed by atoms with E-state index in [-0.39, 0.29) is 5.69 Å². The maximum absolute atomic E-state index is 10.8. The Balaban J connectivity index is 2.06. The van der Waals surface area contributed by atoms with Crippen molar-refractivity contribution in [2.75, 3.05) is 6.54 Å². The van der Waals surface area contributed by atoms with Crippen LogP contribution in [0.3, 0.4) is 0 Å². The highest BCUT2D eigenvalue weighted by molar-refractivity contribution is 9.10. The van der Waals surface area contributed by atoms with Crippen molar-refractivity contribution in [3.8, 4) is 11.3 Å². The molecule has 0 radical (unpaired) electrons. The second-order valence-corrected chi connectivity index (χ2v) is 5.75. The van der Waals surface area contributed by atoms with Gasteiger partial charge in [-0.05, 0) is 46.3 Å². The number of hydrogen-bond acceptors (Lipinski definition) is 5. The number of halogens is 1. The van der Waals surface area contributed by atoms with E-state index in [0.29, 0.717) is 33.2 Å². The number of furan rings is 1. The third-order valence-corrected chi connectivity index (χ3v) is 3.71. The van der Waals surface area contributed by atoms with Crippen molar-refractivity contribution in [3.05, 3.63) is 63.3 Å². The molecule has 0 aliphatic rings. The van der Waals surface area contributed by atoms with Crippen LogP contribution in [0.4, 0.5) is 5.69 Å². The Bertz CT molecular complexity index is 804. The summed E-state index contributed by atoms with van der Waals surface area (Å²) in [5.74, 6) is 1.07. The minimum atomic E-state index is -0.455. The van der Waals surface area contributed by atoms with Gasteiger partial charge in [-0.2, -0.15) is 5.10 Å². The Kier molecular flexibility index (Phi) is 6.21. The zero-order valence-corrected chi connectivity index (χ0v) is 14.8. The van der Waals surface area contributed by atoms with Gasteiger partial charge in [0, 0.05) is 28.7 Å². The van der Waals surface area contributed by atoms with E-state index in [4.69, 9.17) is 16.6 Å². The molecule has 2 aromatic rings. The van der Waals surface area contributed by atoms with Crippen LogP contribution in [0.15, 0.2) is 57.0 Å². The van der Waals surface area contributed by atoms with E-state index in [1.165, 1.54) is 18.3 Å². The van der Waals surface area contributed by atoms with Crippen LogP contribution in [0.2, 0.25) is 0 Å². The maximum Gasteiger partial charge on any atom is 0.270 e. The SMILES string of the molecule is C=CCNC(=S)N/N=C\c1ccc(-c2ccc([N+](=O)[O-])cc2Br)o1. The molecule has 0 aliphatic heterocycles. The Morgan fingerprint density at radius 1 is 1.46 bits per heavy atom. The Morgan fingerprint density at radius 3 is 2.92 bits per heavy atom. The van der Waals surface area contributed by atoms with Gasteiger partial charge in [0.15, 0.2) is 5.11 Å². The number of nitrogens with one attached hydrogen (secondary N) is 2. The second-order valence-electron chi connectivity index (χ2n) is 4.49. The van der Waals surface area contributed by atoms with Gasteiger partial charge in [0.2, 0.25) is 0 Å². The number of nitro benzene ring substituents is 1. The molecule has 0 spiro atoms. The predicted octanol–water partition coefficient (Wildman–Crippen LogP) is 3.60. The minimum Gasteiger partial charge on any atom is -0.455 e. The lowest BCUT2D eigenvalue weighted by Gasteiger charge is -2.02. The first kappa shape index (κ1) is 17.8. The molecule has 0 saturated heterocycles. The van der Waals surface area contributed by atoms with Crippen LogP contribution in [0.5, 0.6) is 0 Å². The highest BCUT2D eigenvalue weighted by atomic mass is 79.9. The van der Waals surface area contributed by atoms with Crippen molar-refractivity contribution in [1.29, 1.82) is 0 Å². The van der Waals surface area contributed by atoms with E-state index in [1.807, 2.05) is 0 Å². The van der Waals surface area contributed by atoms with Crippen LogP contribution in [-0.4, -0.2) is 22.8 Å². The van der Waals surface area contributed by atoms with E-state index in [1.54, 1.807) is 24.3 Å². The second kappa shape index (κ2) is 8.37. The summed E-state index contributed by atoms with van der Waals surface area (Å²) in [6, 6.07) is 7.95. The zero-order valence-electron chi connectivity index (χ0n) is 12.4. The van der Waals surface area contributed by atoms with Gasteiger partial charge in [0.25, 0.3) is 5.69 Å². The molecule has 2 N–H and O–H groups in total. The summed E-state index contributed by atoms with van der Waals surface area (Å²) in [5.41, 5.74) is 3.35. The van der Waals surface area contributed by atoms with Crippen molar-refractivity contribution < 1.29 is 9.34 Å². The number of hydrazone groups is 1. The maximum atomic E-state index is 10.8. The lowest BCUT2D eigenvalue weighted by Crippen LogP contribution is -2.31. The molecular formula is C15H13BrN4O3S. The van der Waals surface area contributed by atoms with Crippen LogP contribution >= 0.6 is 28.1 Å². The molecule has 0 aliphatic carbocycles. The molecule has 0 bridgehead atoms. The summed E-state index contributed by atoms with van der Waals surface area (Å²) in [6.45, 7) is 4.11. The lowest BCUT2D eigenvalue weighted by molar-refractivity contribution is -0.384. The summed E-state index contributed by atoms with van der Waals surface area (Å²) in [6.07, 6.45) is 3.16. The molecule has 0 atom stereocenters. The molecular weight excluding hydrogens is 396 g/mol. The number of nitro groups is 1. The van der Waals surface area contributed by atoms with Crippen LogP contribution < -0.4 is 10.7 Å². The molecule has 24 heavy (non-hydrogen) atoms.